The molecule has 0 aliphatic carbocycles. The normalized spacial score (nSPS) is 15.0. The van der Waals surface area contributed by atoms with Crippen LogP contribution in [0, 0.1) is 0 Å². The molecule has 27 heavy (non-hydrogen) atoms. The van der Waals surface area contributed by atoms with E-state index in [1.807, 2.05) is 17.0 Å². The van der Waals surface area contributed by atoms with Crippen LogP contribution in [0.15, 0.2) is 53.0 Å². The molecule has 2 amide bonds. The predicted molar refractivity (Wildman–Crippen MR) is 111 cm³/mol. The van der Waals surface area contributed by atoms with Crippen molar-refractivity contribution in [1.82, 2.24) is 9.80 Å². The second-order valence-electron chi connectivity index (χ2n) is 7.03. The summed E-state index contributed by atoms with van der Waals surface area (Å²) in [5.41, 5.74) is 1.78. The van der Waals surface area contributed by atoms with Gasteiger partial charge in [0, 0.05) is 40.4 Å². The average molecular weight is 430 g/mol. The lowest BCUT2D eigenvalue weighted by molar-refractivity contribution is 0.0663. The Morgan fingerprint density at radius 3 is 2.37 bits per heavy atom. The number of rotatable bonds is 4. The van der Waals surface area contributed by atoms with Gasteiger partial charge in [0.2, 0.25) is 0 Å². The van der Waals surface area contributed by atoms with Crippen LogP contribution in [0.5, 0.6) is 0 Å². The van der Waals surface area contributed by atoms with E-state index in [0.717, 1.165) is 30.4 Å². The molecule has 142 valence electrons. The van der Waals surface area contributed by atoms with E-state index in [2.05, 4.69) is 40.2 Å². The molecule has 1 heterocycles. The number of carbonyl (C=O) groups is 2. The highest BCUT2D eigenvalue weighted by Gasteiger charge is 2.24. The zero-order valence-electron chi connectivity index (χ0n) is 15.6. The molecule has 0 radical (unpaired) electrons. The molecule has 0 aromatic heterocycles. The summed E-state index contributed by atoms with van der Waals surface area (Å²) in [5.74, 6) is -0.182. The standard InChI is InChI=1S/C21H24BrN3O2/c1-24(2)19-9-11-25(12-10-19)21(27)16-6-4-8-18(14-16)23-20(26)15-5-3-7-17(22)13-15/h3-8,13-14,19H,9-12H2,1-2H3,(H,23,26). The van der Waals surface area contributed by atoms with Crippen LogP contribution >= 0.6 is 15.9 Å². The monoisotopic (exact) mass is 429 g/mol. The molecule has 0 spiro atoms. The van der Waals surface area contributed by atoms with Crippen molar-refractivity contribution in [2.75, 3.05) is 32.5 Å². The summed E-state index contributed by atoms with van der Waals surface area (Å²) in [5, 5.41) is 2.87. The van der Waals surface area contributed by atoms with Gasteiger partial charge in [0.1, 0.15) is 0 Å². The summed E-state index contributed by atoms with van der Waals surface area (Å²) in [4.78, 5) is 29.4. The maximum Gasteiger partial charge on any atom is 0.255 e. The number of amides is 2. The summed E-state index contributed by atoms with van der Waals surface area (Å²) in [7, 11) is 4.17. The van der Waals surface area contributed by atoms with E-state index in [4.69, 9.17) is 0 Å². The number of nitrogens with zero attached hydrogens (tertiary/aromatic N) is 2. The molecular formula is C21H24BrN3O2. The number of anilines is 1. The minimum Gasteiger partial charge on any atom is -0.339 e. The molecule has 1 aliphatic heterocycles. The zero-order chi connectivity index (χ0) is 19.4. The Labute approximate surface area is 168 Å². The van der Waals surface area contributed by atoms with Gasteiger partial charge in [-0.2, -0.15) is 0 Å². The summed E-state index contributed by atoms with van der Waals surface area (Å²) >= 11 is 3.37. The van der Waals surface area contributed by atoms with E-state index in [0.29, 0.717) is 22.9 Å². The number of likely N-dealkylation sites (tertiary alicyclic amines) is 1. The smallest absolute Gasteiger partial charge is 0.255 e. The average Bonchev–Trinajstić information content (AvgIpc) is 2.67. The Morgan fingerprint density at radius 2 is 1.70 bits per heavy atom. The van der Waals surface area contributed by atoms with E-state index in [1.165, 1.54) is 0 Å². The molecule has 2 aromatic carbocycles. The first-order valence-corrected chi connectivity index (χ1v) is 9.86. The minimum absolute atomic E-state index is 0.0192. The zero-order valence-corrected chi connectivity index (χ0v) is 17.2. The molecule has 1 saturated heterocycles. The fourth-order valence-electron chi connectivity index (χ4n) is 3.33. The van der Waals surface area contributed by atoms with Crippen LogP contribution in [-0.2, 0) is 0 Å². The van der Waals surface area contributed by atoms with E-state index in [1.54, 1.807) is 36.4 Å². The lowest BCUT2D eigenvalue weighted by Gasteiger charge is -2.35. The summed E-state index contributed by atoms with van der Waals surface area (Å²) in [6.45, 7) is 1.52. The van der Waals surface area contributed by atoms with E-state index in [-0.39, 0.29) is 11.8 Å². The SMILES string of the molecule is CN(C)C1CCN(C(=O)c2cccc(NC(=O)c3cccc(Br)c3)c2)CC1. The molecule has 0 unspecified atom stereocenters. The molecule has 1 fully saturated rings. The number of halogens is 1. The molecule has 3 rings (SSSR count). The molecule has 0 atom stereocenters. The third-order valence-electron chi connectivity index (χ3n) is 4.94. The molecule has 1 N–H and O–H groups in total. The van der Waals surface area contributed by atoms with Crippen LogP contribution in [0.2, 0.25) is 0 Å². The topological polar surface area (TPSA) is 52.6 Å². The largest absolute Gasteiger partial charge is 0.339 e. The second-order valence-corrected chi connectivity index (χ2v) is 7.95. The van der Waals surface area contributed by atoms with Crippen LogP contribution in [0.4, 0.5) is 5.69 Å². The summed E-state index contributed by atoms with van der Waals surface area (Å²) in [6.07, 6.45) is 1.97. The Balaban J connectivity index is 1.66. The van der Waals surface area contributed by atoms with Crippen molar-refractivity contribution in [3.63, 3.8) is 0 Å². The third-order valence-corrected chi connectivity index (χ3v) is 5.43. The van der Waals surface area contributed by atoms with Gasteiger partial charge in [-0.05, 0) is 63.3 Å². The Kier molecular flexibility index (Phi) is 6.29. The fraction of sp³-hybridized carbons (Fsp3) is 0.333. The number of carbonyl (C=O) groups excluding carboxylic acids is 2. The van der Waals surface area contributed by atoms with Crippen molar-refractivity contribution in [3.05, 3.63) is 64.1 Å². The highest BCUT2D eigenvalue weighted by atomic mass is 79.9. The van der Waals surface area contributed by atoms with E-state index in [9.17, 15) is 9.59 Å². The second kappa shape index (κ2) is 8.67. The number of nitrogens with one attached hydrogen (secondary N) is 1. The number of hydrogen-bond acceptors (Lipinski definition) is 3. The number of benzene rings is 2. The maximum absolute atomic E-state index is 12.8. The Bertz CT molecular complexity index is 830. The van der Waals surface area contributed by atoms with E-state index >= 15 is 0 Å². The van der Waals surface area contributed by atoms with Crippen LogP contribution in [0.3, 0.4) is 0 Å². The first-order valence-electron chi connectivity index (χ1n) is 9.07. The van der Waals surface area contributed by atoms with Crippen LogP contribution in [0.25, 0.3) is 0 Å². The minimum atomic E-state index is -0.201. The summed E-state index contributed by atoms with van der Waals surface area (Å²) < 4.78 is 0.847. The van der Waals surface area contributed by atoms with Crippen molar-refractivity contribution >= 4 is 33.4 Å². The van der Waals surface area contributed by atoms with Gasteiger partial charge < -0.3 is 15.1 Å². The van der Waals surface area contributed by atoms with Crippen LogP contribution in [0.1, 0.15) is 33.6 Å². The summed E-state index contributed by atoms with van der Waals surface area (Å²) in [6, 6.07) is 14.9. The molecule has 0 saturated carbocycles. The fourth-order valence-corrected chi connectivity index (χ4v) is 3.73. The van der Waals surface area contributed by atoms with Crippen molar-refractivity contribution in [2.45, 2.75) is 18.9 Å². The van der Waals surface area contributed by atoms with Crippen molar-refractivity contribution < 1.29 is 9.59 Å². The lowest BCUT2D eigenvalue weighted by atomic mass is 10.0. The Morgan fingerprint density at radius 1 is 1.04 bits per heavy atom. The molecular weight excluding hydrogens is 406 g/mol. The number of hydrogen-bond donors (Lipinski definition) is 1. The molecule has 1 aliphatic rings. The Hall–Kier alpha value is -2.18. The van der Waals surface area contributed by atoms with E-state index < -0.39 is 0 Å². The van der Waals surface area contributed by atoms with Crippen LogP contribution < -0.4 is 5.32 Å². The first kappa shape index (κ1) is 19.6. The van der Waals surface area contributed by atoms with Gasteiger partial charge in [0.15, 0.2) is 0 Å². The van der Waals surface area contributed by atoms with Gasteiger partial charge in [-0.25, -0.2) is 0 Å². The molecule has 5 nitrogen and oxygen atoms in total. The van der Waals surface area contributed by atoms with Gasteiger partial charge in [-0.3, -0.25) is 9.59 Å². The third kappa shape index (κ3) is 4.96. The van der Waals surface area contributed by atoms with Crippen molar-refractivity contribution in [2.24, 2.45) is 0 Å². The van der Waals surface area contributed by atoms with Crippen LogP contribution in [-0.4, -0.2) is 54.8 Å². The molecule has 2 aromatic rings. The predicted octanol–water partition coefficient (Wildman–Crippen LogP) is 3.87. The number of piperidine rings is 1. The van der Waals surface area contributed by atoms with Crippen molar-refractivity contribution in [1.29, 1.82) is 0 Å². The van der Waals surface area contributed by atoms with Gasteiger partial charge >= 0.3 is 0 Å². The maximum atomic E-state index is 12.8. The van der Waals surface area contributed by atoms with Gasteiger partial charge in [0.05, 0.1) is 0 Å². The van der Waals surface area contributed by atoms with Crippen molar-refractivity contribution in [3.8, 4) is 0 Å². The quantitative estimate of drug-likeness (QED) is 0.802. The highest BCUT2D eigenvalue weighted by Crippen LogP contribution is 2.19. The molecule has 6 heteroatoms. The van der Waals surface area contributed by atoms with Gasteiger partial charge in [0.25, 0.3) is 11.8 Å². The first-order chi connectivity index (χ1) is 12.9. The van der Waals surface area contributed by atoms with Gasteiger partial charge in [-0.1, -0.05) is 28.1 Å². The molecule has 0 bridgehead atoms. The van der Waals surface area contributed by atoms with Gasteiger partial charge in [-0.15, -0.1) is 0 Å². The highest BCUT2D eigenvalue weighted by molar-refractivity contribution is 9.10. The lowest BCUT2D eigenvalue weighted by Crippen LogP contribution is -2.44.